The molecule has 2 fully saturated rings. The summed E-state index contributed by atoms with van der Waals surface area (Å²) < 4.78 is 60.7. The van der Waals surface area contributed by atoms with Crippen molar-refractivity contribution in [1.29, 1.82) is 0 Å². The van der Waals surface area contributed by atoms with Crippen LogP contribution in [0.2, 0.25) is 0 Å². The van der Waals surface area contributed by atoms with E-state index in [0.29, 0.717) is 94.4 Å². The molecule has 0 spiro atoms. The van der Waals surface area contributed by atoms with E-state index in [0.717, 1.165) is 41.6 Å². The van der Waals surface area contributed by atoms with Crippen LogP contribution in [0.25, 0.3) is 0 Å². The van der Waals surface area contributed by atoms with Gasteiger partial charge in [-0.2, -0.15) is 0 Å². The number of Topliss-reactive ketones (excluding diaryl/α,β-unsaturated/α-hetero) is 2. The molecule has 5 rings (SSSR count). The summed E-state index contributed by atoms with van der Waals surface area (Å²) >= 11 is 0. The van der Waals surface area contributed by atoms with Gasteiger partial charge in [0.1, 0.15) is 23.0 Å². The van der Waals surface area contributed by atoms with Gasteiger partial charge in [-0.25, -0.2) is 17.2 Å². The highest BCUT2D eigenvalue weighted by atomic mass is 32.2. The van der Waals surface area contributed by atoms with Crippen LogP contribution in [0, 0.1) is 11.7 Å². The molecule has 0 aromatic heterocycles. The van der Waals surface area contributed by atoms with Crippen LogP contribution in [0.1, 0.15) is 101 Å². The number of halogens is 2. The number of carbonyl (C=O) groups excluding carboxylic acids is 2. The number of carbonyl (C=O) groups is 2. The summed E-state index contributed by atoms with van der Waals surface area (Å²) in [6.07, 6.45) is 15.5. The van der Waals surface area contributed by atoms with Gasteiger partial charge in [0.25, 0.3) is 0 Å². The van der Waals surface area contributed by atoms with Crippen LogP contribution in [-0.4, -0.2) is 44.6 Å². The first-order chi connectivity index (χ1) is 24.0. The van der Waals surface area contributed by atoms with Crippen molar-refractivity contribution in [1.82, 2.24) is 0 Å². The zero-order valence-electron chi connectivity index (χ0n) is 29.5. The summed E-state index contributed by atoms with van der Waals surface area (Å²) in [5, 5.41) is 0. The number of hydrogen-bond donors (Lipinski definition) is 0. The standard InChI is InChI=1S/C41H51F2NO5S/c1-3-41(43,4-2)34-25-32(26-35(29-34)44-21-23-50(47,48)24-22-44)11-8-13-36(45)12-7-10-31-16-20-40(38(42)28-31)49-37-14-6-5-9-30(27-37)15-19-39(46)33-17-18-33/h5-6,14,16,20,25-29,33H,3-4,7-13,15,17-19,21-24H2,1-2H3. The van der Waals surface area contributed by atoms with Crippen LogP contribution in [0.4, 0.5) is 14.5 Å². The molecule has 0 atom stereocenters. The zero-order valence-corrected chi connectivity index (χ0v) is 30.3. The Morgan fingerprint density at radius 2 is 1.62 bits per heavy atom. The molecule has 1 aliphatic heterocycles. The molecule has 2 aromatic carbocycles. The Hall–Kier alpha value is -3.59. The van der Waals surface area contributed by atoms with Crippen molar-refractivity contribution < 1.29 is 31.5 Å². The Kier molecular flexibility index (Phi) is 12.9. The van der Waals surface area contributed by atoms with Crippen LogP contribution in [-0.2, 0) is 37.9 Å². The van der Waals surface area contributed by atoms with Gasteiger partial charge in [0, 0.05) is 44.0 Å². The molecule has 3 aliphatic rings. The molecule has 0 radical (unpaired) electrons. The third-order valence-corrected chi connectivity index (χ3v) is 11.8. The van der Waals surface area contributed by atoms with E-state index in [-0.39, 0.29) is 29.0 Å². The van der Waals surface area contributed by atoms with Gasteiger partial charge in [0.05, 0.1) is 11.5 Å². The van der Waals surface area contributed by atoms with Gasteiger partial charge in [-0.1, -0.05) is 43.7 Å². The second-order valence-corrected chi connectivity index (χ2v) is 16.4. The number of ether oxygens (including phenoxy) is 1. The first-order valence-corrected chi connectivity index (χ1v) is 20.1. The maximum atomic E-state index is 15.8. The van der Waals surface area contributed by atoms with Gasteiger partial charge in [-0.05, 0) is 117 Å². The number of sulfone groups is 1. The molecule has 1 saturated carbocycles. The number of aryl methyl sites for hydroxylation is 2. The zero-order chi connectivity index (χ0) is 35.7. The highest BCUT2D eigenvalue weighted by Crippen LogP contribution is 2.37. The summed E-state index contributed by atoms with van der Waals surface area (Å²) in [5.41, 5.74) is 2.82. The van der Waals surface area contributed by atoms with Crippen molar-refractivity contribution in [3.63, 3.8) is 0 Å². The number of ketones is 2. The topological polar surface area (TPSA) is 80.8 Å². The minimum absolute atomic E-state index is 0.0908. The van der Waals surface area contributed by atoms with Gasteiger partial charge in [0.15, 0.2) is 21.4 Å². The number of nitrogens with zero attached hydrogens (tertiary/aromatic N) is 1. The number of anilines is 1. The van der Waals surface area contributed by atoms with Crippen LogP contribution in [0.5, 0.6) is 5.75 Å². The lowest BCUT2D eigenvalue weighted by Crippen LogP contribution is -2.40. The van der Waals surface area contributed by atoms with E-state index >= 15 is 8.78 Å². The van der Waals surface area contributed by atoms with Crippen LogP contribution < -0.4 is 9.64 Å². The van der Waals surface area contributed by atoms with Crippen molar-refractivity contribution in [2.24, 2.45) is 5.92 Å². The fourth-order valence-corrected chi connectivity index (χ4v) is 7.93. The Balaban J connectivity index is 1.09. The molecule has 50 heavy (non-hydrogen) atoms. The van der Waals surface area contributed by atoms with Gasteiger partial charge in [-0.15, -0.1) is 0 Å². The van der Waals surface area contributed by atoms with E-state index in [1.807, 2.05) is 61.2 Å². The average Bonchev–Trinajstić information content (AvgIpc) is 3.97. The molecule has 1 heterocycles. The van der Waals surface area contributed by atoms with Crippen molar-refractivity contribution in [2.75, 3.05) is 29.5 Å². The van der Waals surface area contributed by atoms with E-state index in [1.165, 1.54) is 6.07 Å². The lowest BCUT2D eigenvalue weighted by atomic mass is 9.88. The molecule has 6 nitrogen and oxygen atoms in total. The summed E-state index contributed by atoms with van der Waals surface area (Å²) in [4.78, 5) is 26.9. The lowest BCUT2D eigenvalue weighted by Gasteiger charge is -2.31. The third kappa shape index (κ3) is 10.7. The van der Waals surface area contributed by atoms with Crippen LogP contribution >= 0.6 is 0 Å². The van der Waals surface area contributed by atoms with Crippen molar-refractivity contribution in [2.45, 2.75) is 103 Å². The van der Waals surface area contributed by atoms with Gasteiger partial charge in [-0.3, -0.25) is 9.59 Å². The fraction of sp³-hybridized carbons (Fsp3) is 0.512. The lowest BCUT2D eigenvalue weighted by molar-refractivity contribution is -0.120. The number of allylic oxidation sites excluding steroid dienone is 5. The van der Waals surface area contributed by atoms with E-state index in [9.17, 15) is 18.0 Å². The smallest absolute Gasteiger partial charge is 0.165 e. The third-order valence-electron chi connectivity index (χ3n) is 10.2. The molecular weight excluding hydrogens is 657 g/mol. The number of hydrogen-bond acceptors (Lipinski definition) is 6. The Bertz CT molecular complexity index is 1720. The first-order valence-electron chi connectivity index (χ1n) is 18.3. The highest BCUT2D eigenvalue weighted by Gasteiger charge is 2.30. The van der Waals surface area contributed by atoms with E-state index < -0.39 is 21.3 Å². The minimum atomic E-state index is -3.04. The summed E-state index contributed by atoms with van der Waals surface area (Å²) in [5.74, 6) is 1.11. The molecule has 2 aliphatic carbocycles. The van der Waals surface area contributed by atoms with E-state index in [1.54, 1.807) is 12.1 Å². The number of rotatable bonds is 18. The summed E-state index contributed by atoms with van der Waals surface area (Å²) in [6, 6.07) is 10.7. The molecule has 0 N–H and O–H groups in total. The molecule has 0 unspecified atom stereocenters. The second kappa shape index (κ2) is 17.1. The Morgan fingerprint density at radius 1 is 0.920 bits per heavy atom. The van der Waals surface area contributed by atoms with Gasteiger partial charge >= 0.3 is 0 Å². The van der Waals surface area contributed by atoms with Crippen molar-refractivity contribution >= 4 is 27.1 Å². The predicted molar refractivity (Wildman–Crippen MR) is 195 cm³/mol. The molecule has 0 bridgehead atoms. The molecule has 0 amide bonds. The van der Waals surface area contributed by atoms with Crippen molar-refractivity contribution in [3.05, 3.63) is 94.5 Å². The Morgan fingerprint density at radius 3 is 2.28 bits per heavy atom. The monoisotopic (exact) mass is 707 g/mol. The molecule has 1 saturated heterocycles. The first kappa shape index (κ1) is 37.7. The van der Waals surface area contributed by atoms with Gasteiger partial charge < -0.3 is 9.64 Å². The maximum Gasteiger partial charge on any atom is 0.165 e. The number of benzene rings is 2. The molecule has 2 aromatic rings. The van der Waals surface area contributed by atoms with E-state index in [2.05, 4.69) is 0 Å². The van der Waals surface area contributed by atoms with Crippen LogP contribution in [0.15, 0.2) is 72.0 Å². The fourth-order valence-electron chi connectivity index (χ4n) is 6.72. The average molecular weight is 708 g/mol. The SMILES string of the molecule is CCC(F)(CC)c1cc(CCCC(=O)CCCc2ccc(OC3=CC=CCC(CCC(=O)C4CC4)=C3)c(F)c2)cc(N2CCS(=O)(=O)CC2)c1. The predicted octanol–water partition coefficient (Wildman–Crippen LogP) is 8.87. The molecule has 9 heteroatoms. The maximum absolute atomic E-state index is 15.8. The largest absolute Gasteiger partial charge is 0.454 e. The summed E-state index contributed by atoms with van der Waals surface area (Å²) in [7, 11) is -3.04. The highest BCUT2D eigenvalue weighted by molar-refractivity contribution is 7.91. The Labute approximate surface area is 296 Å². The summed E-state index contributed by atoms with van der Waals surface area (Å²) in [6.45, 7) is 4.45. The minimum Gasteiger partial charge on any atom is -0.454 e. The second-order valence-electron chi connectivity index (χ2n) is 14.1. The van der Waals surface area contributed by atoms with Gasteiger partial charge in [0.2, 0.25) is 0 Å². The van der Waals surface area contributed by atoms with E-state index in [4.69, 9.17) is 4.74 Å². The normalized spacial score (nSPS) is 17.6. The quantitative estimate of drug-likeness (QED) is 0.154. The van der Waals surface area contributed by atoms with Crippen molar-refractivity contribution in [3.8, 4) is 5.75 Å². The van der Waals surface area contributed by atoms with Crippen LogP contribution in [0.3, 0.4) is 0 Å². The molecular formula is C41H51F2NO5S. The number of alkyl halides is 1. The molecule has 270 valence electrons.